The molecular formula is C21H24N2O6S. The van der Waals surface area contributed by atoms with E-state index in [2.05, 4.69) is 5.32 Å². The molecule has 1 atom stereocenters. The molecule has 0 radical (unpaired) electrons. The fourth-order valence-corrected chi connectivity index (χ4v) is 3.96. The van der Waals surface area contributed by atoms with Gasteiger partial charge in [0.15, 0.2) is 0 Å². The van der Waals surface area contributed by atoms with Crippen LogP contribution in [0.3, 0.4) is 0 Å². The number of morpholine rings is 1. The summed E-state index contributed by atoms with van der Waals surface area (Å²) in [6.45, 7) is 4.56. The lowest BCUT2D eigenvalue weighted by Crippen LogP contribution is -2.54. The summed E-state index contributed by atoms with van der Waals surface area (Å²) >= 11 is 1.14. The molecule has 8 nitrogen and oxygen atoms in total. The first-order valence-electron chi connectivity index (χ1n) is 9.63. The molecule has 1 N–H and O–H groups in total. The summed E-state index contributed by atoms with van der Waals surface area (Å²) in [5.41, 5.74) is 1.58. The highest BCUT2D eigenvalue weighted by molar-refractivity contribution is 7.18. The third kappa shape index (κ3) is 5.37. The second-order valence-electron chi connectivity index (χ2n) is 6.66. The van der Waals surface area contributed by atoms with Crippen LogP contribution in [0.4, 0.5) is 9.80 Å². The van der Waals surface area contributed by atoms with Crippen LogP contribution in [-0.2, 0) is 25.6 Å². The summed E-state index contributed by atoms with van der Waals surface area (Å²) < 4.78 is 15.8. The van der Waals surface area contributed by atoms with Gasteiger partial charge in [0.1, 0.15) is 17.5 Å². The van der Waals surface area contributed by atoms with Crippen LogP contribution in [0.1, 0.15) is 27.7 Å². The van der Waals surface area contributed by atoms with Crippen molar-refractivity contribution < 1.29 is 28.6 Å². The number of benzene rings is 1. The summed E-state index contributed by atoms with van der Waals surface area (Å²) in [6, 6.07) is 10.2. The molecule has 3 rings (SSSR count). The van der Waals surface area contributed by atoms with E-state index < -0.39 is 24.0 Å². The van der Waals surface area contributed by atoms with E-state index in [-0.39, 0.29) is 26.4 Å². The molecule has 2 heterocycles. The summed E-state index contributed by atoms with van der Waals surface area (Å²) in [5.74, 6) is -0.823. The zero-order valence-corrected chi connectivity index (χ0v) is 17.7. The first-order valence-corrected chi connectivity index (χ1v) is 10.4. The van der Waals surface area contributed by atoms with E-state index in [1.807, 2.05) is 30.3 Å². The van der Waals surface area contributed by atoms with Crippen LogP contribution in [0.25, 0.3) is 0 Å². The molecule has 1 aromatic carbocycles. The highest BCUT2D eigenvalue weighted by Crippen LogP contribution is 2.28. The van der Waals surface area contributed by atoms with E-state index in [0.29, 0.717) is 22.0 Å². The molecule has 30 heavy (non-hydrogen) atoms. The van der Waals surface area contributed by atoms with Crippen LogP contribution >= 0.6 is 11.3 Å². The molecule has 1 unspecified atom stereocenters. The van der Waals surface area contributed by atoms with Crippen LogP contribution in [0, 0.1) is 6.92 Å². The van der Waals surface area contributed by atoms with Gasteiger partial charge in [-0.25, -0.2) is 9.59 Å². The third-order valence-electron chi connectivity index (χ3n) is 4.50. The van der Waals surface area contributed by atoms with Gasteiger partial charge in [0.25, 0.3) is 0 Å². The SMILES string of the molecule is CCOC(=O)c1sc(NC(=O)C2COCCN2C(=O)OCc2ccccc2)cc1C. The van der Waals surface area contributed by atoms with Crippen molar-refractivity contribution in [1.82, 2.24) is 4.90 Å². The van der Waals surface area contributed by atoms with Gasteiger partial charge in [-0.05, 0) is 31.0 Å². The van der Waals surface area contributed by atoms with Crippen molar-refractivity contribution in [3.8, 4) is 0 Å². The zero-order valence-electron chi connectivity index (χ0n) is 16.9. The minimum absolute atomic E-state index is 0.0708. The highest BCUT2D eigenvalue weighted by Gasteiger charge is 2.34. The molecule has 0 saturated carbocycles. The van der Waals surface area contributed by atoms with Crippen molar-refractivity contribution in [2.45, 2.75) is 26.5 Å². The Kier molecular flexibility index (Phi) is 7.42. The van der Waals surface area contributed by atoms with Gasteiger partial charge < -0.3 is 19.5 Å². The second kappa shape index (κ2) is 10.2. The average Bonchev–Trinajstić information content (AvgIpc) is 3.13. The number of amides is 2. The summed E-state index contributed by atoms with van der Waals surface area (Å²) in [6.07, 6.45) is -0.572. The lowest BCUT2D eigenvalue weighted by Gasteiger charge is -2.33. The molecule has 0 bridgehead atoms. The van der Waals surface area contributed by atoms with Crippen molar-refractivity contribution in [3.05, 3.63) is 52.4 Å². The van der Waals surface area contributed by atoms with E-state index in [1.54, 1.807) is 19.9 Å². The number of anilines is 1. The molecule has 0 spiro atoms. The Bertz CT molecular complexity index is 898. The van der Waals surface area contributed by atoms with E-state index in [4.69, 9.17) is 14.2 Å². The third-order valence-corrected chi connectivity index (χ3v) is 5.63. The topological polar surface area (TPSA) is 94.2 Å². The second-order valence-corrected chi connectivity index (χ2v) is 7.71. The number of carbonyl (C=O) groups excluding carboxylic acids is 3. The molecule has 0 aliphatic carbocycles. The number of nitrogens with zero attached hydrogens (tertiary/aromatic N) is 1. The normalized spacial score (nSPS) is 16.1. The first-order chi connectivity index (χ1) is 14.5. The van der Waals surface area contributed by atoms with E-state index in [0.717, 1.165) is 16.9 Å². The zero-order chi connectivity index (χ0) is 21.5. The predicted octanol–water partition coefficient (Wildman–Crippen LogP) is 3.21. The van der Waals surface area contributed by atoms with Gasteiger partial charge in [-0.1, -0.05) is 30.3 Å². The number of nitrogens with one attached hydrogen (secondary N) is 1. The van der Waals surface area contributed by atoms with Crippen LogP contribution < -0.4 is 5.32 Å². The molecule has 160 valence electrons. The number of aryl methyl sites for hydroxylation is 1. The predicted molar refractivity (Wildman–Crippen MR) is 112 cm³/mol. The fraction of sp³-hybridized carbons (Fsp3) is 0.381. The van der Waals surface area contributed by atoms with Crippen molar-refractivity contribution in [2.75, 3.05) is 31.7 Å². The number of carbonyl (C=O) groups is 3. The maximum atomic E-state index is 12.8. The Balaban J connectivity index is 1.64. The molecule has 2 aromatic rings. The maximum absolute atomic E-state index is 12.8. The number of rotatable bonds is 6. The highest BCUT2D eigenvalue weighted by atomic mass is 32.1. The molecule has 1 aliphatic heterocycles. The summed E-state index contributed by atoms with van der Waals surface area (Å²) in [7, 11) is 0. The average molecular weight is 432 g/mol. The Morgan fingerprint density at radius 2 is 2.00 bits per heavy atom. The minimum Gasteiger partial charge on any atom is -0.462 e. The molecule has 9 heteroatoms. The van der Waals surface area contributed by atoms with E-state index in [9.17, 15) is 14.4 Å². The number of hydrogen-bond acceptors (Lipinski definition) is 7. The quantitative estimate of drug-likeness (QED) is 0.705. The van der Waals surface area contributed by atoms with Gasteiger partial charge in [-0.15, -0.1) is 11.3 Å². The molecular weight excluding hydrogens is 408 g/mol. The van der Waals surface area contributed by atoms with E-state index >= 15 is 0 Å². The van der Waals surface area contributed by atoms with Gasteiger partial charge in [0.05, 0.1) is 24.8 Å². The van der Waals surface area contributed by atoms with Gasteiger partial charge in [-0.2, -0.15) is 0 Å². The van der Waals surface area contributed by atoms with Crippen LogP contribution in [-0.4, -0.2) is 55.3 Å². The number of hydrogen-bond donors (Lipinski definition) is 1. The van der Waals surface area contributed by atoms with Crippen LogP contribution in [0.15, 0.2) is 36.4 Å². The molecule has 1 aliphatic rings. The first kappa shape index (κ1) is 21.8. The van der Waals surface area contributed by atoms with Crippen molar-refractivity contribution in [3.63, 3.8) is 0 Å². The molecule has 1 aromatic heterocycles. The summed E-state index contributed by atoms with van der Waals surface area (Å²) in [4.78, 5) is 39.2. The van der Waals surface area contributed by atoms with E-state index in [1.165, 1.54) is 4.90 Å². The number of esters is 1. The number of ether oxygens (including phenoxy) is 3. The molecule has 1 saturated heterocycles. The van der Waals surface area contributed by atoms with Crippen LogP contribution in [0.2, 0.25) is 0 Å². The van der Waals surface area contributed by atoms with Crippen molar-refractivity contribution >= 4 is 34.3 Å². The standard InChI is InChI=1S/C21H24N2O6S/c1-3-28-20(25)18-14(2)11-17(30-18)22-19(24)16-13-27-10-9-23(16)21(26)29-12-15-7-5-4-6-8-15/h4-8,11,16H,3,9-10,12-13H2,1-2H3,(H,22,24). The molecule has 2 amide bonds. The molecule has 1 fully saturated rings. The van der Waals surface area contributed by atoms with Crippen molar-refractivity contribution in [1.29, 1.82) is 0 Å². The van der Waals surface area contributed by atoms with Gasteiger partial charge >= 0.3 is 12.1 Å². The smallest absolute Gasteiger partial charge is 0.410 e. The Morgan fingerprint density at radius 3 is 2.73 bits per heavy atom. The van der Waals surface area contributed by atoms with Gasteiger partial charge in [-0.3, -0.25) is 9.69 Å². The maximum Gasteiger partial charge on any atom is 0.410 e. The number of thiophene rings is 1. The summed E-state index contributed by atoms with van der Waals surface area (Å²) in [5, 5.41) is 3.27. The lowest BCUT2D eigenvalue weighted by atomic mass is 10.2. The van der Waals surface area contributed by atoms with Crippen molar-refractivity contribution in [2.24, 2.45) is 0 Å². The Labute approximate surface area is 178 Å². The Hall–Kier alpha value is -2.91. The van der Waals surface area contributed by atoms with Gasteiger partial charge in [0.2, 0.25) is 5.91 Å². The minimum atomic E-state index is -0.824. The lowest BCUT2D eigenvalue weighted by molar-refractivity contribution is -0.126. The van der Waals surface area contributed by atoms with Gasteiger partial charge in [0, 0.05) is 6.54 Å². The fourth-order valence-electron chi connectivity index (χ4n) is 2.99. The monoisotopic (exact) mass is 432 g/mol. The largest absolute Gasteiger partial charge is 0.462 e. The van der Waals surface area contributed by atoms with Crippen LogP contribution in [0.5, 0.6) is 0 Å². The Morgan fingerprint density at radius 1 is 1.23 bits per heavy atom.